The Bertz CT molecular complexity index is 2760. The molecule has 2 N–H and O–H groups in total. The molecule has 0 saturated heterocycles. The summed E-state index contributed by atoms with van der Waals surface area (Å²) in [6, 6.07) is 23.2. The highest BCUT2D eigenvalue weighted by Gasteiger charge is 2.40. The highest BCUT2D eigenvalue weighted by molar-refractivity contribution is 7.90. The number of aliphatic hydroxyl groups excluding tert-OH is 1. The van der Waals surface area contributed by atoms with Crippen LogP contribution in [0.25, 0.3) is 0 Å². The Balaban J connectivity index is 0.000000207. The standard InChI is InChI=1S/C26H30ClN5O3S.C25H35ClN6O2/c1-26(2,17-30(3)4)18-32-23-20(15-31(25(32)33)22-13-9-8-12-21(22)27)14-28-24(29-23)36(34,35)16-19-10-6-5-7-11-19;1-25(2,15-30(3)4)16-32-22-17(14-31(24(32)34)21-8-6-5-7-20(21)26)13-27-23(29-22)28-18-9-11-19(33)12-10-18/h5-14H,15-18H2,1-4H3;5-8,13,18-19,33H,9-12,14-16H2,1-4H3,(H,27,28,29). The lowest BCUT2D eigenvalue weighted by Crippen LogP contribution is -2.52. The van der Waals surface area contributed by atoms with E-state index < -0.39 is 9.84 Å². The van der Waals surface area contributed by atoms with Gasteiger partial charge in [0.2, 0.25) is 20.9 Å². The van der Waals surface area contributed by atoms with Gasteiger partial charge < -0.3 is 20.2 Å². The Kier molecular flexibility index (Phi) is 16.4. The van der Waals surface area contributed by atoms with Crippen LogP contribution < -0.4 is 24.9 Å². The summed E-state index contributed by atoms with van der Waals surface area (Å²) in [6.07, 6.45) is 6.40. The number of nitrogens with zero attached hydrogens (tertiary/aromatic N) is 10. The summed E-state index contributed by atoms with van der Waals surface area (Å²) in [7, 11) is 4.19. The Morgan fingerprint density at radius 2 is 1.13 bits per heavy atom. The highest BCUT2D eigenvalue weighted by Crippen LogP contribution is 2.38. The molecular formula is C51H65Cl2N11O5S. The summed E-state index contributed by atoms with van der Waals surface area (Å²) in [5, 5.41) is 13.9. The number of carbonyl (C=O) groups is 2. The average molecular weight is 1020 g/mol. The molecule has 0 atom stereocenters. The zero-order valence-corrected chi connectivity index (χ0v) is 43.6. The molecule has 0 unspecified atom stereocenters. The molecule has 1 saturated carbocycles. The number of para-hydroxylation sites is 2. The van der Waals surface area contributed by atoms with E-state index in [2.05, 4.69) is 57.8 Å². The van der Waals surface area contributed by atoms with Gasteiger partial charge in [-0.05, 0) is 94.5 Å². The minimum absolute atomic E-state index is 0.141. The van der Waals surface area contributed by atoms with E-state index in [1.165, 1.54) is 6.20 Å². The van der Waals surface area contributed by atoms with E-state index in [1.807, 2.05) is 64.7 Å². The van der Waals surface area contributed by atoms with Crippen molar-refractivity contribution in [3.05, 3.63) is 118 Å². The lowest BCUT2D eigenvalue weighted by atomic mass is 9.91. The first-order chi connectivity index (χ1) is 33.1. The summed E-state index contributed by atoms with van der Waals surface area (Å²) in [5.41, 5.74) is 2.94. The molecule has 1 aliphatic carbocycles. The molecule has 0 spiro atoms. The van der Waals surface area contributed by atoms with Crippen molar-refractivity contribution in [2.45, 2.75) is 89.5 Å². The number of rotatable bonds is 15. The number of hydrogen-bond donors (Lipinski definition) is 2. The number of benzene rings is 3. The van der Waals surface area contributed by atoms with Crippen LogP contribution in [0, 0.1) is 10.8 Å². The SMILES string of the molecule is CN(C)CC(C)(C)CN1C(=O)N(c2ccccc2Cl)Cc2cnc(NC3CCC(O)CC3)nc21.CN(C)CC(C)(C)CN1C(=O)N(c2ccccc2Cl)Cc2cnc(S(=O)(=O)Cc3ccccc3)nc21. The number of anilines is 5. The second kappa shape index (κ2) is 21.9. The Labute approximate surface area is 422 Å². The first-order valence-electron chi connectivity index (χ1n) is 23.5. The van der Waals surface area contributed by atoms with E-state index in [0.717, 1.165) is 37.8 Å². The maximum Gasteiger partial charge on any atom is 0.330 e. The van der Waals surface area contributed by atoms with E-state index in [9.17, 15) is 23.1 Å². The van der Waals surface area contributed by atoms with Crippen LogP contribution in [-0.4, -0.2) is 122 Å². The van der Waals surface area contributed by atoms with Crippen molar-refractivity contribution >= 4 is 74.1 Å². The highest BCUT2D eigenvalue weighted by atomic mass is 35.5. The predicted octanol–water partition coefficient (Wildman–Crippen LogP) is 9.02. The molecule has 374 valence electrons. The van der Waals surface area contributed by atoms with E-state index >= 15 is 0 Å². The van der Waals surface area contributed by atoms with Gasteiger partial charge in [-0.25, -0.2) is 33.0 Å². The van der Waals surface area contributed by atoms with Gasteiger partial charge in [-0.2, -0.15) is 4.98 Å². The van der Waals surface area contributed by atoms with Crippen LogP contribution in [0.5, 0.6) is 0 Å². The van der Waals surface area contributed by atoms with Crippen molar-refractivity contribution < 1.29 is 23.1 Å². The Hall–Kier alpha value is -5.43. The molecule has 3 aliphatic rings. The molecule has 5 aromatic rings. The molecular weight excluding hydrogens is 950 g/mol. The molecule has 2 aromatic heterocycles. The zero-order chi connectivity index (χ0) is 50.5. The number of aromatic nitrogens is 4. The van der Waals surface area contributed by atoms with Crippen LogP contribution in [-0.2, 0) is 28.7 Å². The van der Waals surface area contributed by atoms with Crippen molar-refractivity contribution in [1.29, 1.82) is 0 Å². The van der Waals surface area contributed by atoms with Gasteiger partial charge in [0.1, 0.15) is 11.6 Å². The smallest absolute Gasteiger partial charge is 0.330 e. The van der Waals surface area contributed by atoms with Crippen LogP contribution >= 0.6 is 23.2 Å². The molecule has 4 amide bonds. The zero-order valence-electron chi connectivity index (χ0n) is 41.3. The minimum Gasteiger partial charge on any atom is -0.393 e. The molecule has 16 nitrogen and oxygen atoms in total. The van der Waals surface area contributed by atoms with Gasteiger partial charge in [0.25, 0.3) is 0 Å². The molecule has 70 heavy (non-hydrogen) atoms. The molecule has 19 heteroatoms. The molecule has 4 heterocycles. The second-order valence-electron chi connectivity index (χ2n) is 20.6. The largest absolute Gasteiger partial charge is 0.393 e. The van der Waals surface area contributed by atoms with E-state index in [1.54, 1.807) is 68.1 Å². The third-order valence-electron chi connectivity index (χ3n) is 12.2. The number of amides is 4. The molecule has 1 fully saturated rings. The number of aliphatic hydroxyl groups is 1. The van der Waals surface area contributed by atoms with Gasteiger partial charge in [0.15, 0.2) is 0 Å². The van der Waals surface area contributed by atoms with Crippen LogP contribution in [0.2, 0.25) is 10.0 Å². The average Bonchev–Trinajstić information content (AvgIpc) is 3.29. The van der Waals surface area contributed by atoms with Crippen molar-refractivity contribution in [3.8, 4) is 0 Å². The van der Waals surface area contributed by atoms with Crippen LogP contribution in [0.1, 0.15) is 70.1 Å². The molecule has 3 aromatic carbocycles. The summed E-state index contributed by atoms with van der Waals surface area (Å²) >= 11 is 12.9. The molecule has 0 bridgehead atoms. The molecule has 2 aliphatic heterocycles. The summed E-state index contributed by atoms with van der Waals surface area (Å²) in [5.74, 6) is 1.26. The predicted molar refractivity (Wildman–Crippen MR) is 279 cm³/mol. The molecule has 8 rings (SSSR count). The Morgan fingerprint density at radius 3 is 1.61 bits per heavy atom. The number of carbonyl (C=O) groups excluding carboxylic acids is 2. The maximum atomic E-state index is 13.8. The fraction of sp³-hybridized carbons (Fsp3) is 0.451. The van der Waals surface area contributed by atoms with Gasteiger partial charge in [-0.3, -0.25) is 19.6 Å². The first kappa shape index (κ1) is 52.4. The van der Waals surface area contributed by atoms with Crippen molar-refractivity contribution in [1.82, 2.24) is 29.7 Å². The van der Waals surface area contributed by atoms with E-state index in [-0.39, 0.29) is 52.5 Å². The van der Waals surface area contributed by atoms with Crippen molar-refractivity contribution in [2.75, 3.05) is 79.3 Å². The van der Waals surface area contributed by atoms with E-state index in [4.69, 9.17) is 28.2 Å². The van der Waals surface area contributed by atoms with Gasteiger partial charge in [-0.1, -0.05) is 105 Å². The number of fused-ring (bicyclic) bond motifs is 2. The number of hydrogen-bond acceptors (Lipinski definition) is 12. The van der Waals surface area contributed by atoms with Crippen molar-refractivity contribution in [2.24, 2.45) is 10.8 Å². The fourth-order valence-corrected chi connectivity index (χ4v) is 11.2. The summed E-state index contributed by atoms with van der Waals surface area (Å²) in [4.78, 5) is 56.5. The van der Waals surface area contributed by atoms with Gasteiger partial charge in [0.05, 0.1) is 46.4 Å². The quantitative estimate of drug-likeness (QED) is 0.0956. The third-order valence-corrected chi connectivity index (χ3v) is 14.3. The topological polar surface area (TPSA) is 172 Å². The first-order valence-corrected chi connectivity index (χ1v) is 25.9. The number of halogens is 2. The normalized spacial score (nSPS) is 17.6. The number of nitrogens with one attached hydrogen (secondary N) is 1. The fourth-order valence-electron chi connectivity index (χ4n) is 9.57. The van der Waals surface area contributed by atoms with Crippen LogP contribution in [0.15, 0.2) is 96.4 Å². The van der Waals surface area contributed by atoms with Crippen LogP contribution in [0.4, 0.5) is 38.5 Å². The lowest BCUT2D eigenvalue weighted by Gasteiger charge is -2.40. The number of urea groups is 2. The Morgan fingerprint density at radius 1 is 0.671 bits per heavy atom. The van der Waals surface area contributed by atoms with Crippen LogP contribution in [0.3, 0.4) is 0 Å². The third kappa shape index (κ3) is 12.9. The lowest BCUT2D eigenvalue weighted by molar-refractivity contribution is 0.126. The minimum atomic E-state index is -3.83. The summed E-state index contributed by atoms with van der Waals surface area (Å²) < 4.78 is 26.3. The molecule has 0 radical (unpaired) electrons. The van der Waals surface area contributed by atoms with Gasteiger partial charge in [-0.15, -0.1) is 0 Å². The second-order valence-corrected chi connectivity index (χ2v) is 23.3. The summed E-state index contributed by atoms with van der Waals surface area (Å²) in [6.45, 7) is 11.3. The maximum absolute atomic E-state index is 13.8. The number of sulfone groups is 1. The van der Waals surface area contributed by atoms with E-state index in [0.29, 0.717) is 76.3 Å². The monoisotopic (exact) mass is 1010 g/mol. The van der Waals surface area contributed by atoms with Crippen molar-refractivity contribution in [3.63, 3.8) is 0 Å². The van der Waals surface area contributed by atoms with Gasteiger partial charge in [0, 0.05) is 55.7 Å². The van der Waals surface area contributed by atoms with Gasteiger partial charge >= 0.3 is 12.1 Å².